The molecular weight excluding hydrogens is 388 g/mol. The number of unbranched alkanes of at least 4 members (excludes halogenated alkanes) is 1. The van der Waals surface area contributed by atoms with Crippen LogP contribution in [0.25, 0.3) is 0 Å². The first-order chi connectivity index (χ1) is 14.5. The molecule has 8 nitrogen and oxygen atoms in total. The second-order valence-electron chi connectivity index (χ2n) is 6.38. The predicted octanol–water partition coefficient (Wildman–Crippen LogP) is 3.99. The van der Waals surface area contributed by atoms with Gasteiger partial charge >= 0.3 is 12.0 Å². The van der Waals surface area contributed by atoms with E-state index in [1.165, 1.54) is 21.3 Å². The van der Waals surface area contributed by atoms with Gasteiger partial charge in [-0.3, -0.25) is 0 Å². The molecule has 0 heterocycles. The highest BCUT2D eigenvalue weighted by molar-refractivity contribution is 6.00. The van der Waals surface area contributed by atoms with Crippen molar-refractivity contribution in [3.8, 4) is 17.2 Å². The Balaban J connectivity index is 2.04. The molecule has 2 rings (SSSR count). The zero-order chi connectivity index (χ0) is 21.9. The summed E-state index contributed by atoms with van der Waals surface area (Å²) in [6.45, 7) is 2.57. The van der Waals surface area contributed by atoms with Gasteiger partial charge in [-0.2, -0.15) is 0 Å². The average Bonchev–Trinajstić information content (AvgIpc) is 2.77. The summed E-state index contributed by atoms with van der Waals surface area (Å²) in [5, 5.41) is 5.45. The van der Waals surface area contributed by atoms with Crippen LogP contribution in [-0.4, -0.2) is 39.9 Å². The highest BCUT2D eigenvalue weighted by atomic mass is 16.5. The number of para-hydroxylation sites is 1. The summed E-state index contributed by atoms with van der Waals surface area (Å²) in [5.74, 6) is 0.996. The number of methoxy groups -OCH3 is 3. The molecule has 162 valence electrons. The van der Waals surface area contributed by atoms with Gasteiger partial charge in [-0.25, -0.2) is 9.59 Å². The van der Waals surface area contributed by atoms with Gasteiger partial charge in [-0.05, 0) is 36.2 Å². The zero-order valence-corrected chi connectivity index (χ0v) is 17.7. The number of benzene rings is 2. The van der Waals surface area contributed by atoms with Crippen molar-refractivity contribution in [2.45, 2.75) is 26.3 Å². The lowest BCUT2D eigenvalue weighted by atomic mass is 10.1. The van der Waals surface area contributed by atoms with Gasteiger partial charge < -0.3 is 29.6 Å². The number of rotatable bonds is 10. The minimum atomic E-state index is -0.469. The normalized spacial score (nSPS) is 10.1. The van der Waals surface area contributed by atoms with Crippen LogP contribution in [0.15, 0.2) is 36.4 Å². The molecule has 0 aliphatic rings. The summed E-state index contributed by atoms with van der Waals surface area (Å²) < 4.78 is 21.2. The lowest BCUT2D eigenvalue weighted by Gasteiger charge is -2.15. The summed E-state index contributed by atoms with van der Waals surface area (Å²) >= 11 is 0. The summed E-state index contributed by atoms with van der Waals surface area (Å²) in [5.41, 5.74) is 1.44. The second-order valence-corrected chi connectivity index (χ2v) is 6.38. The summed E-state index contributed by atoms with van der Waals surface area (Å²) in [6.07, 6.45) is 1.72. The molecule has 0 aliphatic heterocycles. The van der Waals surface area contributed by atoms with Crippen LogP contribution in [0.5, 0.6) is 17.2 Å². The fourth-order valence-corrected chi connectivity index (χ4v) is 2.74. The van der Waals surface area contributed by atoms with Gasteiger partial charge in [0, 0.05) is 6.54 Å². The first-order valence-corrected chi connectivity index (χ1v) is 9.63. The minimum absolute atomic E-state index is 0.214. The van der Waals surface area contributed by atoms with E-state index in [0.717, 1.165) is 18.4 Å². The molecule has 30 heavy (non-hydrogen) atoms. The van der Waals surface area contributed by atoms with Gasteiger partial charge in [-0.15, -0.1) is 0 Å². The van der Waals surface area contributed by atoms with Crippen molar-refractivity contribution in [2.75, 3.05) is 33.3 Å². The first kappa shape index (κ1) is 22.9. The Morgan fingerprint density at radius 1 is 0.967 bits per heavy atom. The number of hydrogen-bond acceptors (Lipinski definition) is 6. The topological polar surface area (TPSA) is 95.1 Å². The van der Waals surface area contributed by atoms with E-state index in [1.54, 1.807) is 36.4 Å². The van der Waals surface area contributed by atoms with Crippen molar-refractivity contribution in [3.05, 3.63) is 47.5 Å². The van der Waals surface area contributed by atoms with Crippen LogP contribution < -0.4 is 24.8 Å². The molecule has 0 aliphatic carbocycles. The molecule has 8 heteroatoms. The predicted molar refractivity (Wildman–Crippen MR) is 114 cm³/mol. The van der Waals surface area contributed by atoms with Crippen LogP contribution in [0.3, 0.4) is 0 Å². The van der Waals surface area contributed by atoms with E-state index in [0.29, 0.717) is 35.1 Å². The fourth-order valence-electron chi connectivity index (χ4n) is 2.74. The SMILES string of the molecule is CCCCOC(=O)c1ccccc1NC(=O)NCc1cc(OC)c(OC)c(OC)c1. The summed E-state index contributed by atoms with van der Waals surface area (Å²) in [6, 6.07) is 9.75. The van der Waals surface area contributed by atoms with E-state index >= 15 is 0 Å². The van der Waals surface area contributed by atoms with Crippen LogP contribution in [0.4, 0.5) is 10.5 Å². The Labute approximate surface area is 176 Å². The Morgan fingerprint density at radius 2 is 1.63 bits per heavy atom. The lowest BCUT2D eigenvalue weighted by molar-refractivity contribution is 0.0501. The number of carbonyl (C=O) groups excluding carboxylic acids is 2. The second kappa shape index (κ2) is 11.5. The zero-order valence-electron chi connectivity index (χ0n) is 17.7. The molecule has 0 saturated carbocycles. The van der Waals surface area contributed by atoms with Crippen LogP contribution in [0.2, 0.25) is 0 Å². The van der Waals surface area contributed by atoms with E-state index in [1.807, 2.05) is 6.92 Å². The summed E-state index contributed by atoms with van der Waals surface area (Å²) in [4.78, 5) is 24.7. The number of ether oxygens (including phenoxy) is 4. The van der Waals surface area contributed by atoms with Crippen molar-refractivity contribution in [1.82, 2.24) is 5.32 Å². The van der Waals surface area contributed by atoms with Gasteiger partial charge in [0.05, 0.1) is 39.2 Å². The molecule has 0 bridgehead atoms. The van der Waals surface area contributed by atoms with Crippen LogP contribution >= 0.6 is 0 Å². The maximum atomic E-state index is 12.4. The van der Waals surface area contributed by atoms with Gasteiger partial charge in [0.25, 0.3) is 0 Å². The molecule has 2 amide bonds. The maximum Gasteiger partial charge on any atom is 0.340 e. The highest BCUT2D eigenvalue weighted by Crippen LogP contribution is 2.38. The summed E-state index contributed by atoms with van der Waals surface area (Å²) in [7, 11) is 4.58. The molecule has 0 atom stereocenters. The number of nitrogens with one attached hydrogen (secondary N) is 2. The van der Waals surface area contributed by atoms with Crippen LogP contribution in [0, 0.1) is 0 Å². The number of esters is 1. The van der Waals surface area contributed by atoms with Gasteiger partial charge in [0.15, 0.2) is 11.5 Å². The Kier molecular flexibility index (Phi) is 8.80. The highest BCUT2D eigenvalue weighted by Gasteiger charge is 2.16. The van der Waals surface area contributed by atoms with Gasteiger partial charge in [-0.1, -0.05) is 25.5 Å². The standard InChI is InChI=1S/C22H28N2O6/c1-5-6-11-30-21(25)16-9-7-8-10-17(16)24-22(26)23-14-15-12-18(27-2)20(29-4)19(13-15)28-3/h7-10,12-13H,5-6,11,14H2,1-4H3,(H2,23,24,26). The minimum Gasteiger partial charge on any atom is -0.493 e. The average molecular weight is 416 g/mol. The number of carbonyl (C=O) groups is 2. The maximum absolute atomic E-state index is 12.4. The molecular formula is C22H28N2O6. The van der Waals surface area contributed by atoms with E-state index in [4.69, 9.17) is 18.9 Å². The number of anilines is 1. The fraction of sp³-hybridized carbons (Fsp3) is 0.364. The van der Waals surface area contributed by atoms with E-state index < -0.39 is 12.0 Å². The third-order valence-electron chi connectivity index (χ3n) is 4.30. The van der Waals surface area contributed by atoms with Crippen molar-refractivity contribution >= 4 is 17.7 Å². The molecule has 2 aromatic carbocycles. The van der Waals surface area contributed by atoms with Crippen LogP contribution in [0.1, 0.15) is 35.7 Å². The molecule has 0 fully saturated rings. The number of amides is 2. The molecule has 0 radical (unpaired) electrons. The Morgan fingerprint density at radius 3 is 2.23 bits per heavy atom. The largest absolute Gasteiger partial charge is 0.493 e. The first-order valence-electron chi connectivity index (χ1n) is 9.63. The smallest absolute Gasteiger partial charge is 0.340 e. The van der Waals surface area contributed by atoms with Gasteiger partial charge in [0.2, 0.25) is 5.75 Å². The molecule has 2 N–H and O–H groups in total. The number of urea groups is 1. The molecule has 0 aromatic heterocycles. The quantitative estimate of drug-likeness (QED) is 0.449. The molecule has 0 saturated heterocycles. The van der Waals surface area contributed by atoms with Gasteiger partial charge in [0.1, 0.15) is 0 Å². The van der Waals surface area contributed by atoms with Crippen LogP contribution in [-0.2, 0) is 11.3 Å². The Hall–Kier alpha value is -3.42. The third kappa shape index (κ3) is 6.04. The molecule has 2 aromatic rings. The Bertz CT molecular complexity index is 843. The molecule has 0 spiro atoms. The van der Waals surface area contributed by atoms with Crippen molar-refractivity contribution in [1.29, 1.82) is 0 Å². The van der Waals surface area contributed by atoms with E-state index in [9.17, 15) is 9.59 Å². The van der Waals surface area contributed by atoms with Crippen molar-refractivity contribution in [3.63, 3.8) is 0 Å². The third-order valence-corrected chi connectivity index (χ3v) is 4.30. The number of hydrogen-bond donors (Lipinski definition) is 2. The van der Waals surface area contributed by atoms with Crippen molar-refractivity contribution in [2.24, 2.45) is 0 Å². The van der Waals surface area contributed by atoms with Crippen molar-refractivity contribution < 1.29 is 28.5 Å². The van der Waals surface area contributed by atoms with E-state index in [-0.39, 0.29) is 6.54 Å². The molecule has 0 unspecified atom stereocenters. The monoisotopic (exact) mass is 416 g/mol. The van der Waals surface area contributed by atoms with E-state index in [2.05, 4.69) is 10.6 Å². The lowest BCUT2D eigenvalue weighted by Crippen LogP contribution is -2.29.